The first kappa shape index (κ1) is 16.9. The molecule has 0 amide bonds. The highest BCUT2D eigenvalue weighted by atomic mass is 19.1. The van der Waals surface area contributed by atoms with Gasteiger partial charge in [0.15, 0.2) is 11.5 Å². The van der Waals surface area contributed by atoms with E-state index in [4.69, 9.17) is 4.74 Å². The van der Waals surface area contributed by atoms with Crippen molar-refractivity contribution < 1.29 is 13.5 Å². The van der Waals surface area contributed by atoms with Crippen LogP contribution in [0.5, 0.6) is 0 Å². The molecule has 5 nitrogen and oxygen atoms in total. The second kappa shape index (κ2) is 6.32. The fourth-order valence-electron chi connectivity index (χ4n) is 3.47. The highest BCUT2D eigenvalue weighted by Crippen LogP contribution is 2.35. The molecule has 0 N–H and O–H groups in total. The maximum absolute atomic E-state index is 15.3. The number of aromatic nitrogens is 3. The molecule has 7 heteroatoms. The third kappa shape index (κ3) is 2.82. The minimum Gasteiger partial charge on any atom is -0.381 e. The summed E-state index contributed by atoms with van der Waals surface area (Å²) >= 11 is 0. The second-order valence-electron chi connectivity index (χ2n) is 6.71. The minimum absolute atomic E-state index is 0.220. The number of nitrogens with zero attached hydrogens (tertiary/aromatic N) is 3. The number of alkyl halides is 1. The number of fused-ring (bicyclic) bond motifs is 1. The summed E-state index contributed by atoms with van der Waals surface area (Å²) in [5.74, 6) is -0.103. The molecule has 0 unspecified atom stereocenters. The molecule has 0 radical (unpaired) electrons. The predicted molar refractivity (Wildman–Crippen MR) is 92.5 cm³/mol. The molecule has 0 bridgehead atoms. The van der Waals surface area contributed by atoms with Gasteiger partial charge in [-0.2, -0.15) is 0 Å². The molecule has 26 heavy (non-hydrogen) atoms. The van der Waals surface area contributed by atoms with Crippen molar-refractivity contribution in [2.75, 3.05) is 13.2 Å². The minimum atomic E-state index is -1.60. The zero-order valence-electron chi connectivity index (χ0n) is 14.4. The van der Waals surface area contributed by atoms with Crippen molar-refractivity contribution in [2.24, 2.45) is 0 Å². The van der Waals surface area contributed by atoms with Crippen LogP contribution in [-0.2, 0) is 17.0 Å². The van der Waals surface area contributed by atoms with Crippen molar-refractivity contribution in [1.82, 2.24) is 14.0 Å². The Kier molecular flexibility index (Phi) is 4.11. The highest BCUT2D eigenvalue weighted by molar-refractivity contribution is 5.45. The molecule has 1 aromatic carbocycles. The normalized spacial score (nSPS) is 16.9. The molecule has 0 spiro atoms. The number of halogens is 2. The molecule has 0 atom stereocenters. The van der Waals surface area contributed by atoms with Crippen LogP contribution in [0.2, 0.25) is 0 Å². The number of hydrogen-bond donors (Lipinski definition) is 0. The van der Waals surface area contributed by atoms with Crippen molar-refractivity contribution in [2.45, 2.75) is 32.0 Å². The van der Waals surface area contributed by atoms with E-state index in [1.54, 1.807) is 34.2 Å². The van der Waals surface area contributed by atoms with Crippen LogP contribution in [0.3, 0.4) is 0 Å². The Bertz CT molecular complexity index is 1020. The lowest BCUT2D eigenvalue weighted by molar-refractivity contribution is -0.0167. The summed E-state index contributed by atoms with van der Waals surface area (Å²) in [4.78, 5) is 17.1. The molecule has 2 aromatic heterocycles. The van der Waals surface area contributed by atoms with Gasteiger partial charge in [0.1, 0.15) is 11.3 Å². The Morgan fingerprint density at radius 2 is 2.08 bits per heavy atom. The summed E-state index contributed by atoms with van der Waals surface area (Å²) in [7, 11) is 0. The fraction of sp³-hybridized carbons (Fsp3) is 0.368. The van der Waals surface area contributed by atoms with Crippen LogP contribution < -0.4 is 5.56 Å². The summed E-state index contributed by atoms with van der Waals surface area (Å²) in [6.07, 6.45) is 3.57. The number of aryl methyl sites for hydroxylation is 1. The van der Waals surface area contributed by atoms with Gasteiger partial charge in [0.25, 0.3) is 5.56 Å². The maximum atomic E-state index is 15.3. The van der Waals surface area contributed by atoms with Crippen LogP contribution in [0, 0.1) is 12.7 Å². The van der Waals surface area contributed by atoms with Crippen molar-refractivity contribution in [1.29, 1.82) is 0 Å². The van der Waals surface area contributed by atoms with E-state index < -0.39 is 5.67 Å². The molecule has 1 aliphatic heterocycles. The Hall–Kier alpha value is -2.54. The van der Waals surface area contributed by atoms with E-state index in [1.807, 2.05) is 0 Å². The van der Waals surface area contributed by atoms with Crippen LogP contribution in [0.1, 0.15) is 29.9 Å². The van der Waals surface area contributed by atoms with Crippen LogP contribution in [0.4, 0.5) is 8.78 Å². The van der Waals surface area contributed by atoms with Gasteiger partial charge in [0.2, 0.25) is 0 Å². The van der Waals surface area contributed by atoms with Gasteiger partial charge in [-0.05, 0) is 24.6 Å². The monoisotopic (exact) mass is 359 g/mol. The Morgan fingerprint density at radius 1 is 1.31 bits per heavy atom. The van der Waals surface area contributed by atoms with Gasteiger partial charge in [-0.25, -0.2) is 13.8 Å². The van der Waals surface area contributed by atoms with E-state index in [-0.39, 0.29) is 36.6 Å². The molecular formula is C19H19F2N3O2. The molecule has 136 valence electrons. The Morgan fingerprint density at radius 3 is 2.81 bits per heavy atom. The first-order valence-corrected chi connectivity index (χ1v) is 8.57. The second-order valence-corrected chi connectivity index (χ2v) is 6.71. The van der Waals surface area contributed by atoms with Gasteiger partial charge in [-0.15, -0.1) is 0 Å². The molecule has 0 saturated carbocycles. The molecule has 3 aromatic rings. The van der Waals surface area contributed by atoms with Gasteiger partial charge in [-0.1, -0.05) is 12.1 Å². The average molecular weight is 359 g/mol. The van der Waals surface area contributed by atoms with E-state index >= 15 is 4.39 Å². The molecule has 4 rings (SSSR count). The Balaban J connectivity index is 1.79. The first-order valence-electron chi connectivity index (χ1n) is 8.57. The molecule has 0 aliphatic carbocycles. The van der Waals surface area contributed by atoms with Crippen LogP contribution in [0.25, 0.3) is 5.52 Å². The fourth-order valence-corrected chi connectivity index (χ4v) is 3.47. The lowest BCUT2D eigenvalue weighted by Crippen LogP contribution is -2.32. The van der Waals surface area contributed by atoms with Crippen LogP contribution >= 0.6 is 0 Å². The van der Waals surface area contributed by atoms with Gasteiger partial charge in [0, 0.05) is 24.7 Å². The number of benzene rings is 1. The van der Waals surface area contributed by atoms with Crippen molar-refractivity contribution in [3.05, 3.63) is 69.9 Å². The molecule has 1 aliphatic rings. The third-order valence-electron chi connectivity index (χ3n) is 4.92. The summed E-state index contributed by atoms with van der Waals surface area (Å²) in [6.45, 7) is 2.69. The molecular weight excluding hydrogens is 340 g/mol. The quantitative estimate of drug-likeness (QED) is 0.722. The van der Waals surface area contributed by atoms with Gasteiger partial charge < -0.3 is 9.30 Å². The Labute approximate surface area is 148 Å². The lowest BCUT2D eigenvalue weighted by atomic mass is 9.95. The smallest absolute Gasteiger partial charge is 0.276 e. The molecule has 1 saturated heterocycles. The van der Waals surface area contributed by atoms with E-state index in [0.717, 1.165) is 0 Å². The van der Waals surface area contributed by atoms with Gasteiger partial charge in [-0.3, -0.25) is 9.20 Å². The van der Waals surface area contributed by atoms with E-state index in [1.165, 1.54) is 18.3 Å². The number of imidazole rings is 1. The third-order valence-corrected chi connectivity index (χ3v) is 4.92. The van der Waals surface area contributed by atoms with E-state index in [9.17, 15) is 9.18 Å². The highest BCUT2D eigenvalue weighted by Gasteiger charge is 2.38. The standard InChI is InChI=1S/C19H19F2N3O2/c1-13-11-24-16(10-22-18(24)19(21)5-7-26-8-6-19)17(25)23(13)12-14-3-2-4-15(20)9-14/h2-4,9-11H,5-8,12H2,1H3. The SMILES string of the molecule is Cc1cn2c(C3(F)CCOCC3)ncc2c(=O)n1Cc1cccc(F)c1. The van der Waals surface area contributed by atoms with Gasteiger partial charge in [0.05, 0.1) is 26.0 Å². The summed E-state index contributed by atoms with van der Waals surface area (Å²) < 4.78 is 37.1. The van der Waals surface area contributed by atoms with Crippen LogP contribution in [-0.4, -0.2) is 27.2 Å². The number of hydrogen-bond acceptors (Lipinski definition) is 3. The summed E-state index contributed by atoms with van der Waals surface area (Å²) in [6, 6.07) is 6.13. The van der Waals surface area contributed by atoms with Crippen molar-refractivity contribution in [3.63, 3.8) is 0 Å². The molecule has 3 heterocycles. The average Bonchev–Trinajstić information content (AvgIpc) is 3.04. The molecule has 1 fully saturated rings. The van der Waals surface area contributed by atoms with Crippen LogP contribution in [0.15, 0.2) is 41.5 Å². The topological polar surface area (TPSA) is 48.5 Å². The van der Waals surface area contributed by atoms with Crippen molar-refractivity contribution in [3.8, 4) is 0 Å². The van der Waals surface area contributed by atoms with Crippen molar-refractivity contribution >= 4 is 5.52 Å². The number of rotatable bonds is 3. The lowest BCUT2D eigenvalue weighted by Gasteiger charge is -2.28. The zero-order valence-corrected chi connectivity index (χ0v) is 14.4. The summed E-state index contributed by atoms with van der Waals surface area (Å²) in [5, 5.41) is 0. The number of ether oxygens (including phenoxy) is 1. The summed E-state index contributed by atoms with van der Waals surface area (Å²) in [5.41, 5.74) is -0.222. The van der Waals surface area contributed by atoms with E-state index in [2.05, 4.69) is 4.98 Å². The van der Waals surface area contributed by atoms with E-state index in [0.29, 0.717) is 30.0 Å². The predicted octanol–water partition coefficient (Wildman–Crippen LogP) is 2.97. The first-order chi connectivity index (χ1) is 12.5. The van der Waals surface area contributed by atoms with Gasteiger partial charge >= 0.3 is 0 Å². The zero-order chi connectivity index (χ0) is 18.3. The largest absolute Gasteiger partial charge is 0.381 e. The maximum Gasteiger partial charge on any atom is 0.276 e.